The Hall–Kier alpha value is -3.49. The van der Waals surface area contributed by atoms with Crippen LogP contribution >= 0.6 is 0 Å². The van der Waals surface area contributed by atoms with Crippen LogP contribution in [0.3, 0.4) is 0 Å². The molecule has 4 N–H and O–H groups in total. The molecular weight excluding hydrogens is 421 g/mol. The Morgan fingerprint density at radius 1 is 1.16 bits per heavy atom. The van der Waals surface area contributed by atoms with Gasteiger partial charge in [-0.15, -0.1) is 0 Å². The van der Waals surface area contributed by atoms with Gasteiger partial charge in [0, 0.05) is 17.3 Å². The van der Waals surface area contributed by atoms with E-state index in [0.717, 1.165) is 25.0 Å². The van der Waals surface area contributed by atoms with Crippen LogP contribution in [0.5, 0.6) is 0 Å². The molecule has 0 spiro atoms. The van der Waals surface area contributed by atoms with Crippen molar-refractivity contribution in [2.45, 2.75) is 37.9 Å². The van der Waals surface area contributed by atoms with Gasteiger partial charge in [-0.25, -0.2) is 26.9 Å². The third-order valence-corrected chi connectivity index (χ3v) is 5.11. The van der Waals surface area contributed by atoms with Crippen molar-refractivity contribution >= 4 is 23.7 Å². The zero-order valence-corrected chi connectivity index (χ0v) is 15.8. The first-order valence-electron chi connectivity index (χ1n) is 9.32. The van der Waals surface area contributed by atoms with Crippen LogP contribution < -0.4 is 16.4 Å². The number of nitrogens with zero attached hydrogens (tertiary/aromatic N) is 4. The number of nitrogens with one attached hydrogen (secondary N) is 2. The lowest BCUT2D eigenvalue weighted by molar-refractivity contribution is 0.145. The minimum Gasteiger partial charge on any atom is -0.368 e. The van der Waals surface area contributed by atoms with Gasteiger partial charge in [-0.05, 0) is 30.9 Å². The van der Waals surface area contributed by atoms with Crippen LogP contribution in [0.25, 0.3) is 0 Å². The Morgan fingerprint density at radius 2 is 1.90 bits per heavy atom. The number of halogens is 5. The number of aromatic nitrogens is 2. The summed E-state index contributed by atoms with van der Waals surface area (Å²) >= 11 is 0. The van der Waals surface area contributed by atoms with Gasteiger partial charge in [0.25, 0.3) is 12.9 Å². The highest BCUT2D eigenvalue weighted by molar-refractivity contribution is 5.91. The highest BCUT2D eigenvalue weighted by Gasteiger charge is 2.39. The molecule has 0 saturated heterocycles. The molecule has 1 aromatic carbocycles. The van der Waals surface area contributed by atoms with E-state index in [1.165, 1.54) is 6.21 Å². The quantitative estimate of drug-likeness (QED) is 0.589. The van der Waals surface area contributed by atoms with E-state index >= 15 is 0 Å². The van der Waals surface area contributed by atoms with Crippen molar-refractivity contribution in [1.29, 1.82) is 5.26 Å². The molecule has 2 aliphatic rings. The van der Waals surface area contributed by atoms with Gasteiger partial charge < -0.3 is 16.4 Å². The predicted molar refractivity (Wildman–Crippen MR) is 103 cm³/mol. The first kappa shape index (κ1) is 20.8. The normalized spacial score (nSPS) is 18.5. The molecule has 0 amide bonds. The number of nitrogen functional groups attached to an aromatic ring is 1. The molecule has 4 rings (SSSR count). The second kappa shape index (κ2) is 7.98. The zero-order valence-electron chi connectivity index (χ0n) is 15.8. The van der Waals surface area contributed by atoms with Crippen molar-refractivity contribution < 1.29 is 22.0 Å². The van der Waals surface area contributed by atoms with Crippen LogP contribution in [0.1, 0.15) is 48.1 Å². The smallest absolute Gasteiger partial charge is 0.281 e. The number of nitriles is 1. The number of nitrogens with two attached hydrogens (primary N) is 1. The summed E-state index contributed by atoms with van der Waals surface area (Å²) in [6.45, 7) is 0. The van der Waals surface area contributed by atoms with Gasteiger partial charge in [0.05, 0.1) is 11.7 Å². The molecule has 1 unspecified atom stereocenters. The number of rotatable bonds is 6. The average Bonchev–Trinajstić information content (AvgIpc) is 3.55. The molecule has 0 bridgehead atoms. The molecule has 12 heteroatoms. The highest BCUT2D eigenvalue weighted by atomic mass is 19.3. The van der Waals surface area contributed by atoms with Crippen LogP contribution in [-0.2, 0) is 0 Å². The fourth-order valence-corrected chi connectivity index (χ4v) is 3.56. The Kier molecular flexibility index (Phi) is 5.34. The molecule has 1 aliphatic carbocycles. The van der Waals surface area contributed by atoms with E-state index in [-0.39, 0.29) is 23.0 Å². The van der Waals surface area contributed by atoms with Gasteiger partial charge in [-0.2, -0.15) is 10.2 Å². The van der Waals surface area contributed by atoms with Crippen LogP contribution in [0.2, 0.25) is 0 Å². The van der Waals surface area contributed by atoms with Gasteiger partial charge in [0.1, 0.15) is 29.3 Å². The predicted octanol–water partition coefficient (Wildman–Crippen LogP) is 4.01. The van der Waals surface area contributed by atoms with E-state index in [1.807, 2.05) is 0 Å². The first-order chi connectivity index (χ1) is 14.8. The van der Waals surface area contributed by atoms with Crippen LogP contribution in [-0.4, -0.2) is 28.4 Å². The van der Waals surface area contributed by atoms with E-state index in [2.05, 4.69) is 25.6 Å². The third kappa shape index (κ3) is 4.08. The number of aliphatic imine (C=N–C) groups is 1. The van der Waals surface area contributed by atoms with Gasteiger partial charge in [-0.1, -0.05) is 0 Å². The Balaban J connectivity index is 1.69. The minimum absolute atomic E-state index is 0.0179. The number of hydrogen-bond donors (Lipinski definition) is 3. The molecule has 7 nitrogen and oxygen atoms in total. The molecule has 1 aromatic heterocycles. The Morgan fingerprint density at radius 3 is 2.52 bits per heavy atom. The molecule has 162 valence electrons. The maximum Gasteiger partial charge on any atom is 0.281 e. The number of hydrogen-bond acceptors (Lipinski definition) is 7. The fraction of sp³-hybridized carbons (Fsp3) is 0.368. The third-order valence-electron chi connectivity index (χ3n) is 5.11. The second-order valence-electron chi connectivity index (χ2n) is 7.24. The second-order valence-corrected chi connectivity index (χ2v) is 7.24. The van der Waals surface area contributed by atoms with E-state index in [4.69, 9.17) is 5.73 Å². The average molecular weight is 437 g/mol. The maximum absolute atomic E-state index is 13.7. The van der Waals surface area contributed by atoms with E-state index in [0.29, 0.717) is 0 Å². The van der Waals surface area contributed by atoms with E-state index < -0.39 is 53.6 Å². The number of anilines is 3. The van der Waals surface area contributed by atoms with Gasteiger partial charge in [0.2, 0.25) is 5.95 Å². The molecule has 2 heterocycles. The zero-order chi connectivity index (χ0) is 22.3. The lowest BCUT2D eigenvalue weighted by atomic mass is 10.0. The molecule has 1 saturated carbocycles. The van der Waals surface area contributed by atoms with Gasteiger partial charge in [-0.3, -0.25) is 4.99 Å². The number of alkyl halides is 4. The molecule has 2 atom stereocenters. The summed E-state index contributed by atoms with van der Waals surface area (Å²) in [6.07, 6.45) is -3.92. The van der Waals surface area contributed by atoms with Crippen molar-refractivity contribution in [3.8, 4) is 6.07 Å². The van der Waals surface area contributed by atoms with Gasteiger partial charge >= 0.3 is 0 Å². The molecular formula is C19H16F5N7. The van der Waals surface area contributed by atoms with Crippen LogP contribution in [0, 0.1) is 23.1 Å². The largest absolute Gasteiger partial charge is 0.368 e. The lowest BCUT2D eigenvalue weighted by Crippen LogP contribution is -2.42. The van der Waals surface area contributed by atoms with Gasteiger partial charge in [0.15, 0.2) is 5.82 Å². The summed E-state index contributed by atoms with van der Waals surface area (Å²) in [5.74, 6) is -1.41. The molecule has 1 fully saturated rings. The van der Waals surface area contributed by atoms with E-state index in [1.54, 1.807) is 6.07 Å². The van der Waals surface area contributed by atoms with Crippen LogP contribution in [0.15, 0.2) is 17.1 Å². The lowest BCUT2D eigenvalue weighted by Gasteiger charge is -2.31. The van der Waals surface area contributed by atoms with Crippen molar-refractivity contribution in [2.75, 3.05) is 16.4 Å². The highest BCUT2D eigenvalue weighted by Crippen LogP contribution is 2.40. The molecule has 1 aliphatic heterocycles. The SMILES string of the molecule is N#Cc1c(N[C@@H](C2CC2)C2N=Cc3cc(F)cc(C(F)F)c3N2)nc(N)nc1C(F)F. The number of benzene rings is 1. The topological polar surface area (TPSA) is 112 Å². The maximum atomic E-state index is 13.7. The standard InChI is InChI=1S/C19H16F5N7/c20-9-3-8-6-27-18(28-12(8)10(4-9)15(21)22)13(7-1-2-7)29-17-11(5-25)14(16(23)24)30-19(26)31-17/h3-4,6-7,13,15-16,18,28H,1-2H2,(H3,26,29,30,31)/t13-,18?/m0/s1. The summed E-state index contributed by atoms with van der Waals surface area (Å²) in [5, 5.41) is 15.2. The summed E-state index contributed by atoms with van der Waals surface area (Å²) in [4.78, 5) is 11.6. The summed E-state index contributed by atoms with van der Waals surface area (Å²) < 4.78 is 67.1. The van der Waals surface area contributed by atoms with E-state index in [9.17, 15) is 27.2 Å². The van der Waals surface area contributed by atoms with Crippen molar-refractivity contribution in [2.24, 2.45) is 10.9 Å². The van der Waals surface area contributed by atoms with Crippen molar-refractivity contribution in [1.82, 2.24) is 9.97 Å². The number of fused-ring (bicyclic) bond motifs is 1. The van der Waals surface area contributed by atoms with Crippen LogP contribution in [0.4, 0.5) is 39.4 Å². The van der Waals surface area contributed by atoms with Crippen molar-refractivity contribution in [3.05, 3.63) is 40.3 Å². The Bertz CT molecular complexity index is 1080. The summed E-state index contributed by atoms with van der Waals surface area (Å²) in [7, 11) is 0. The summed E-state index contributed by atoms with van der Waals surface area (Å²) in [5.41, 5.74) is 3.98. The van der Waals surface area contributed by atoms with Crippen molar-refractivity contribution in [3.63, 3.8) is 0 Å². The minimum atomic E-state index is -3.04. The molecule has 2 aromatic rings. The monoisotopic (exact) mass is 437 g/mol. The molecule has 0 radical (unpaired) electrons. The fourth-order valence-electron chi connectivity index (χ4n) is 3.56. The first-order valence-corrected chi connectivity index (χ1v) is 9.32. The molecule has 31 heavy (non-hydrogen) atoms. The Labute approximate surface area is 173 Å². The summed E-state index contributed by atoms with van der Waals surface area (Å²) in [6, 6.07) is 2.92.